The Balaban J connectivity index is 1.57. The molecule has 1 aromatic heterocycles. The van der Waals surface area contributed by atoms with Crippen molar-refractivity contribution in [1.82, 2.24) is 15.3 Å². The highest BCUT2D eigenvalue weighted by atomic mass is 16.5. The average molecular weight is 430 g/mol. The van der Waals surface area contributed by atoms with Gasteiger partial charge in [0.05, 0.1) is 21.3 Å². The minimum atomic E-state index is -0.155. The molecule has 1 fully saturated rings. The van der Waals surface area contributed by atoms with Crippen molar-refractivity contribution in [2.24, 2.45) is 0 Å². The van der Waals surface area contributed by atoms with Crippen LogP contribution >= 0.6 is 0 Å². The van der Waals surface area contributed by atoms with E-state index in [0.717, 1.165) is 31.5 Å². The van der Waals surface area contributed by atoms with Crippen LogP contribution < -0.4 is 29.7 Å². The van der Waals surface area contributed by atoms with Crippen molar-refractivity contribution < 1.29 is 19.0 Å². The quantitative estimate of drug-likeness (QED) is 0.661. The number of hydrogen-bond acceptors (Lipinski definition) is 8. The van der Waals surface area contributed by atoms with Crippen molar-refractivity contribution >= 4 is 17.7 Å². The molecule has 2 aromatic rings. The van der Waals surface area contributed by atoms with E-state index in [4.69, 9.17) is 14.2 Å². The lowest BCUT2D eigenvalue weighted by Gasteiger charge is -2.30. The molecule has 1 saturated carbocycles. The molecule has 1 aromatic carbocycles. The van der Waals surface area contributed by atoms with E-state index in [1.807, 2.05) is 25.1 Å². The highest BCUT2D eigenvalue weighted by Crippen LogP contribution is 2.38. The Labute approximate surface area is 183 Å². The smallest absolute Gasteiger partial charge is 0.251 e. The highest BCUT2D eigenvalue weighted by Gasteiger charge is 2.24. The van der Waals surface area contributed by atoms with Crippen LogP contribution in [0.4, 0.5) is 11.8 Å². The second kappa shape index (κ2) is 10.2. The molecular weight excluding hydrogens is 398 g/mol. The van der Waals surface area contributed by atoms with Crippen molar-refractivity contribution in [3.05, 3.63) is 30.0 Å². The third-order valence-electron chi connectivity index (χ3n) is 5.42. The zero-order valence-corrected chi connectivity index (χ0v) is 18.8. The van der Waals surface area contributed by atoms with Gasteiger partial charge in [0.1, 0.15) is 5.82 Å². The van der Waals surface area contributed by atoms with Crippen LogP contribution in [0, 0.1) is 0 Å². The van der Waals surface area contributed by atoms with Gasteiger partial charge in [0, 0.05) is 37.9 Å². The van der Waals surface area contributed by atoms with Gasteiger partial charge >= 0.3 is 0 Å². The number of rotatable bonds is 8. The zero-order valence-electron chi connectivity index (χ0n) is 18.8. The number of hydrogen-bond donors (Lipinski definition) is 2. The number of methoxy groups -OCH3 is 3. The average Bonchev–Trinajstić information content (AvgIpc) is 2.79. The SMILES string of the molecule is COc1cc(C(=O)N[C@H]2CC[C@@H](Nc3nccc(N(C)C)n3)CC2)cc(OC)c1OC. The van der Waals surface area contributed by atoms with Gasteiger partial charge in [0.25, 0.3) is 5.91 Å². The number of anilines is 2. The van der Waals surface area contributed by atoms with E-state index >= 15 is 0 Å². The predicted molar refractivity (Wildman–Crippen MR) is 120 cm³/mol. The Hall–Kier alpha value is -3.23. The van der Waals surface area contributed by atoms with Crippen LogP contribution in [-0.2, 0) is 0 Å². The molecule has 1 aliphatic carbocycles. The van der Waals surface area contributed by atoms with Crippen molar-refractivity contribution in [3.63, 3.8) is 0 Å². The summed E-state index contributed by atoms with van der Waals surface area (Å²) in [4.78, 5) is 23.6. The van der Waals surface area contributed by atoms with Crippen molar-refractivity contribution in [2.45, 2.75) is 37.8 Å². The largest absolute Gasteiger partial charge is 0.493 e. The van der Waals surface area contributed by atoms with Gasteiger partial charge in [-0.1, -0.05) is 0 Å². The molecule has 0 saturated heterocycles. The molecule has 0 unspecified atom stereocenters. The van der Waals surface area contributed by atoms with Gasteiger partial charge in [0.2, 0.25) is 11.7 Å². The summed E-state index contributed by atoms with van der Waals surface area (Å²) >= 11 is 0. The molecular formula is C22H31N5O4. The molecule has 168 valence electrons. The summed E-state index contributed by atoms with van der Waals surface area (Å²) in [7, 11) is 8.51. The van der Waals surface area contributed by atoms with Gasteiger partial charge < -0.3 is 29.7 Å². The van der Waals surface area contributed by atoms with Gasteiger partial charge in [-0.3, -0.25) is 4.79 Å². The van der Waals surface area contributed by atoms with Gasteiger partial charge in [-0.15, -0.1) is 0 Å². The van der Waals surface area contributed by atoms with Gasteiger partial charge in [-0.05, 0) is 43.9 Å². The minimum Gasteiger partial charge on any atom is -0.493 e. The van der Waals surface area contributed by atoms with Crippen LogP contribution in [0.1, 0.15) is 36.0 Å². The third-order valence-corrected chi connectivity index (χ3v) is 5.42. The van der Waals surface area contributed by atoms with Crippen LogP contribution in [0.25, 0.3) is 0 Å². The van der Waals surface area contributed by atoms with Crippen molar-refractivity contribution in [2.75, 3.05) is 45.6 Å². The molecule has 0 atom stereocenters. The molecule has 1 aliphatic rings. The number of aromatic nitrogens is 2. The Morgan fingerprint density at radius 1 is 1.00 bits per heavy atom. The number of carbonyl (C=O) groups is 1. The van der Waals surface area contributed by atoms with Crippen molar-refractivity contribution in [3.8, 4) is 17.2 Å². The fourth-order valence-electron chi connectivity index (χ4n) is 3.71. The van der Waals surface area contributed by atoms with Crippen LogP contribution in [0.3, 0.4) is 0 Å². The summed E-state index contributed by atoms with van der Waals surface area (Å²) in [6.45, 7) is 0. The topological polar surface area (TPSA) is 97.8 Å². The van der Waals surface area contributed by atoms with E-state index in [2.05, 4.69) is 20.6 Å². The number of benzene rings is 1. The summed E-state index contributed by atoms with van der Waals surface area (Å²) in [5.74, 6) is 2.73. The Morgan fingerprint density at radius 2 is 1.61 bits per heavy atom. The first kappa shape index (κ1) is 22.5. The molecule has 1 amide bonds. The number of ether oxygens (including phenoxy) is 3. The highest BCUT2D eigenvalue weighted by molar-refractivity contribution is 5.95. The summed E-state index contributed by atoms with van der Waals surface area (Å²) < 4.78 is 16.0. The number of amides is 1. The lowest BCUT2D eigenvalue weighted by atomic mass is 9.91. The lowest BCUT2D eigenvalue weighted by molar-refractivity contribution is 0.0925. The first-order valence-corrected chi connectivity index (χ1v) is 10.3. The maximum absolute atomic E-state index is 12.8. The second-order valence-corrected chi connectivity index (χ2v) is 7.71. The number of nitrogens with one attached hydrogen (secondary N) is 2. The summed E-state index contributed by atoms with van der Waals surface area (Å²) in [6.07, 6.45) is 5.36. The monoisotopic (exact) mass is 429 g/mol. The Morgan fingerprint density at radius 3 is 2.16 bits per heavy atom. The molecule has 9 nitrogen and oxygen atoms in total. The molecule has 31 heavy (non-hydrogen) atoms. The predicted octanol–water partition coefficient (Wildman–Crippen LogP) is 2.72. The van der Waals surface area contributed by atoms with Gasteiger partial charge in [-0.25, -0.2) is 4.98 Å². The maximum Gasteiger partial charge on any atom is 0.251 e. The minimum absolute atomic E-state index is 0.110. The van der Waals surface area contributed by atoms with Crippen LogP contribution in [0.2, 0.25) is 0 Å². The summed E-state index contributed by atoms with van der Waals surface area (Å²) in [5, 5.41) is 6.54. The Bertz CT molecular complexity index is 872. The first-order chi connectivity index (χ1) is 14.9. The Kier molecular flexibility index (Phi) is 7.38. The standard InChI is InChI=1S/C22H31N5O4/c1-27(2)19-10-11-23-22(26-19)25-16-8-6-15(7-9-16)24-21(28)14-12-17(29-3)20(31-5)18(13-14)30-4/h10-13,15-16H,6-9H2,1-5H3,(H,24,28)(H,23,25,26)/t15-,16+. The van der Waals surface area contributed by atoms with Crippen LogP contribution in [-0.4, -0.2) is 63.4 Å². The first-order valence-electron chi connectivity index (χ1n) is 10.3. The van der Waals surface area contributed by atoms with E-state index in [1.54, 1.807) is 18.3 Å². The van der Waals surface area contributed by atoms with E-state index < -0.39 is 0 Å². The fourth-order valence-corrected chi connectivity index (χ4v) is 3.71. The molecule has 1 heterocycles. The molecule has 0 radical (unpaired) electrons. The molecule has 9 heteroatoms. The molecule has 0 spiro atoms. The molecule has 2 N–H and O–H groups in total. The summed E-state index contributed by atoms with van der Waals surface area (Å²) in [5.41, 5.74) is 0.476. The van der Waals surface area contributed by atoms with Crippen LogP contribution in [0.15, 0.2) is 24.4 Å². The van der Waals surface area contributed by atoms with E-state index in [1.165, 1.54) is 21.3 Å². The number of nitrogens with zero attached hydrogens (tertiary/aromatic N) is 3. The third kappa shape index (κ3) is 5.48. The number of carbonyl (C=O) groups excluding carboxylic acids is 1. The zero-order chi connectivity index (χ0) is 22.4. The van der Waals surface area contributed by atoms with E-state index in [9.17, 15) is 4.79 Å². The molecule has 0 aliphatic heterocycles. The molecule has 3 rings (SSSR count). The van der Waals surface area contributed by atoms with Crippen molar-refractivity contribution in [1.29, 1.82) is 0 Å². The van der Waals surface area contributed by atoms with Gasteiger partial charge in [-0.2, -0.15) is 4.98 Å². The normalized spacial score (nSPS) is 18.1. The van der Waals surface area contributed by atoms with Gasteiger partial charge in [0.15, 0.2) is 11.5 Å². The summed E-state index contributed by atoms with van der Waals surface area (Å²) in [6, 6.07) is 5.60. The maximum atomic E-state index is 12.8. The molecule has 0 bridgehead atoms. The van der Waals surface area contributed by atoms with E-state index in [-0.39, 0.29) is 18.0 Å². The van der Waals surface area contributed by atoms with Crippen LogP contribution in [0.5, 0.6) is 17.2 Å². The fraction of sp³-hybridized carbons (Fsp3) is 0.500. The van der Waals surface area contributed by atoms with E-state index in [0.29, 0.717) is 28.8 Å². The second-order valence-electron chi connectivity index (χ2n) is 7.71. The lowest BCUT2D eigenvalue weighted by Crippen LogP contribution is -2.40.